The average molecular weight is 1480 g/mol. The van der Waals surface area contributed by atoms with E-state index in [2.05, 4.69) is 40.7 Å². The normalized spacial score (nSPS) is 49.9. The van der Waals surface area contributed by atoms with E-state index in [0.29, 0.717) is 32.1 Å². The van der Waals surface area contributed by atoms with Crippen molar-refractivity contribution in [1.82, 2.24) is 0 Å². The van der Waals surface area contributed by atoms with Gasteiger partial charge in [0.1, 0.15) is 97.0 Å². The highest BCUT2D eigenvalue weighted by Crippen LogP contribution is 2.76. The van der Waals surface area contributed by atoms with Crippen LogP contribution >= 0.6 is 0 Å². The number of aliphatic hydroxyl groups excluding tert-OH is 15. The third-order valence-electron chi connectivity index (χ3n) is 25.4. The largest absolute Gasteiger partial charge is 0.462 e. The summed E-state index contributed by atoms with van der Waals surface area (Å²) in [7, 11) is 0. The molecule has 5 heterocycles. The zero-order chi connectivity index (χ0) is 76.0. The summed E-state index contributed by atoms with van der Waals surface area (Å²) in [6.45, 7) is 21.4. The highest BCUT2D eigenvalue weighted by molar-refractivity contribution is 5.80. The van der Waals surface area contributed by atoms with Gasteiger partial charge < -0.3 is 138 Å². The van der Waals surface area contributed by atoms with Crippen molar-refractivity contribution >= 4 is 23.9 Å². The molecular formula is C71H114O32. The maximum atomic E-state index is 16.0. The summed E-state index contributed by atoms with van der Waals surface area (Å²) in [5.41, 5.74) is -4.37. The molecule has 10 aliphatic rings. The topological polar surface area (TPSA) is 492 Å². The number of esters is 4. The Bertz CT molecular complexity index is 2990. The molecule has 15 N–H and O–H groups in total. The first kappa shape index (κ1) is 82.2. The Balaban J connectivity index is 0.900. The van der Waals surface area contributed by atoms with Gasteiger partial charge in [-0.25, -0.2) is 0 Å². The van der Waals surface area contributed by atoms with E-state index in [1.807, 2.05) is 6.92 Å². The van der Waals surface area contributed by atoms with Gasteiger partial charge in [-0.15, -0.1) is 0 Å². The van der Waals surface area contributed by atoms with Gasteiger partial charge in [-0.1, -0.05) is 53.2 Å². The van der Waals surface area contributed by atoms with Gasteiger partial charge in [0.2, 0.25) is 6.29 Å². The number of ether oxygens (including phenoxy) is 13. The maximum Gasteiger partial charge on any atom is 0.317 e. The van der Waals surface area contributed by atoms with E-state index in [1.165, 1.54) is 48.5 Å². The van der Waals surface area contributed by atoms with E-state index in [0.717, 1.165) is 5.57 Å². The monoisotopic (exact) mass is 1480 g/mol. The molecule has 4 saturated carbocycles. The predicted molar refractivity (Wildman–Crippen MR) is 348 cm³/mol. The third kappa shape index (κ3) is 15.4. The molecule has 0 aromatic carbocycles. The molecule has 9 fully saturated rings. The number of allylic oxidation sites excluding steroid dienone is 2. The molecule has 38 unspecified atom stereocenters. The van der Waals surface area contributed by atoms with Gasteiger partial charge in [0.05, 0.1) is 81.3 Å². The van der Waals surface area contributed by atoms with E-state index in [1.54, 1.807) is 0 Å². The Hall–Kier alpha value is -3.34. The van der Waals surface area contributed by atoms with Gasteiger partial charge >= 0.3 is 23.9 Å². The standard InChI is InChI=1S/C71H114O32/c1-28(73)20-42(77)92-29(2)21-43(78)93-30(3)22-44(79)98-56-34(7)97-64(58(53(56)88)101-62-52(87)49(84)55(33(6)96-62)99-60-54(89)57(38(75)26-91-60)100-61-50(85)47(82)45(80)31(4)94-61)103-65(90)71-19-18-66(8,9)23-36(71)35-14-15-40-67(10)24-37(74)59(102-63-51(86)48(83)46(81)32(5)95-63)68(11,27-72)39(67)16-17-69(40,12)70(35,13)25-41(71)76/h14,28-34,36-41,45-64,72-76,80-89H,15-27H2,1-13H3. The van der Waals surface area contributed by atoms with Gasteiger partial charge in [-0.3, -0.25) is 19.2 Å². The lowest BCUT2D eigenvalue weighted by Crippen LogP contribution is -2.70. The summed E-state index contributed by atoms with van der Waals surface area (Å²) in [5, 5.41) is 169. The molecule has 590 valence electrons. The van der Waals surface area contributed by atoms with Crippen molar-refractivity contribution in [2.75, 3.05) is 13.2 Å². The lowest BCUT2D eigenvalue weighted by molar-refractivity contribution is -0.380. The fourth-order valence-electron chi connectivity index (χ4n) is 19.5. The van der Waals surface area contributed by atoms with Gasteiger partial charge in [0.25, 0.3) is 0 Å². The van der Waals surface area contributed by atoms with Gasteiger partial charge in [-0.05, 0) is 139 Å². The zero-order valence-electron chi connectivity index (χ0n) is 61.0. The Morgan fingerprint density at radius 3 is 1.63 bits per heavy atom. The molecule has 0 aromatic rings. The van der Waals surface area contributed by atoms with Crippen LogP contribution in [0.5, 0.6) is 0 Å². The van der Waals surface area contributed by atoms with Crippen LogP contribution in [0, 0.1) is 50.2 Å². The summed E-state index contributed by atoms with van der Waals surface area (Å²) >= 11 is 0. The summed E-state index contributed by atoms with van der Waals surface area (Å²) in [4.78, 5) is 54.9. The molecule has 0 radical (unpaired) electrons. The summed E-state index contributed by atoms with van der Waals surface area (Å²) in [6, 6.07) is 0. The number of carbonyl (C=O) groups is 4. The highest BCUT2D eigenvalue weighted by Gasteiger charge is 2.73. The second kappa shape index (κ2) is 31.2. The van der Waals surface area contributed by atoms with Gasteiger partial charge in [0.15, 0.2) is 37.4 Å². The molecule has 0 aromatic heterocycles. The molecule has 0 spiro atoms. The van der Waals surface area contributed by atoms with Crippen molar-refractivity contribution in [1.29, 1.82) is 0 Å². The fourth-order valence-corrected chi connectivity index (χ4v) is 19.5. The summed E-state index contributed by atoms with van der Waals surface area (Å²) in [5.74, 6) is -4.68. The molecule has 0 bridgehead atoms. The quantitative estimate of drug-likeness (QED) is 0.0283. The molecular weight excluding hydrogens is 1360 g/mol. The van der Waals surface area contributed by atoms with Crippen LogP contribution < -0.4 is 0 Å². The average Bonchev–Trinajstić information content (AvgIpc) is 0.669. The number of carbonyl (C=O) groups excluding carboxylic acids is 4. The molecule has 5 saturated heterocycles. The number of hydrogen-bond donors (Lipinski definition) is 15. The number of rotatable bonds is 20. The molecule has 5 aliphatic heterocycles. The van der Waals surface area contributed by atoms with Crippen LogP contribution in [-0.2, 0) is 80.8 Å². The Kier molecular flexibility index (Phi) is 24.9. The lowest BCUT2D eigenvalue weighted by Gasteiger charge is -2.72. The van der Waals surface area contributed by atoms with Crippen molar-refractivity contribution < 1.29 is 157 Å². The smallest absolute Gasteiger partial charge is 0.317 e. The first-order chi connectivity index (χ1) is 48.0. The second-order valence-electron chi connectivity index (χ2n) is 33.2. The van der Waals surface area contributed by atoms with E-state index >= 15 is 4.79 Å². The third-order valence-corrected chi connectivity index (χ3v) is 25.4. The number of hydrogen-bond acceptors (Lipinski definition) is 32. The summed E-state index contributed by atoms with van der Waals surface area (Å²) < 4.78 is 77.1. The Morgan fingerprint density at radius 2 is 1.04 bits per heavy atom. The van der Waals surface area contributed by atoms with E-state index < -0.39 is 272 Å². The molecule has 5 aliphatic carbocycles. The van der Waals surface area contributed by atoms with Gasteiger partial charge in [0, 0.05) is 5.41 Å². The fraction of sp³-hybridized carbons (Fsp3) is 0.915. The highest BCUT2D eigenvalue weighted by atomic mass is 16.8. The van der Waals surface area contributed by atoms with Crippen molar-refractivity contribution in [3.8, 4) is 0 Å². The first-order valence-electron chi connectivity index (χ1n) is 36.5. The zero-order valence-corrected chi connectivity index (χ0v) is 61.0. The number of aliphatic hydroxyl groups is 15. The SMILES string of the molecule is CC(O)CC(=O)OC(C)CC(=O)OC(C)CC(=O)OC1C(C)OC(OC(=O)C23CCC(C)(C)CC2C2=CCC4C5(C)CC(O)C(OC6OC(C)C(O)C(O)C6O)C(C)(CO)C5CCC4(C)C2(C)CC3O)C(OC2OC(C)C(OC3OCC(O)C(OC4OC(C)C(O)C(O)C4O)C3O)C(O)C2O)C1O. The van der Waals surface area contributed by atoms with Crippen LogP contribution in [0.25, 0.3) is 0 Å². The van der Waals surface area contributed by atoms with Crippen LogP contribution in [0.2, 0.25) is 0 Å². The van der Waals surface area contributed by atoms with Crippen LogP contribution in [-0.4, -0.2) is 298 Å². The minimum Gasteiger partial charge on any atom is -0.462 e. The van der Waals surface area contributed by atoms with E-state index in [9.17, 15) is 91.0 Å². The van der Waals surface area contributed by atoms with Crippen molar-refractivity contribution in [3.05, 3.63) is 11.6 Å². The minimum absolute atomic E-state index is 0.0604. The van der Waals surface area contributed by atoms with Crippen molar-refractivity contribution in [2.45, 2.75) is 345 Å². The van der Waals surface area contributed by atoms with Crippen molar-refractivity contribution in [3.63, 3.8) is 0 Å². The molecule has 0 amide bonds. The van der Waals surface area contributed by atoms with Crippen molar-refractivity contribution in [2.24, 2.45) is 50.2 Å². The van der Waals surface area contributed by atoms with E-state index in [4.69, 9.17) is 61.6 Å². The molecule has 10 rings (SSSR count). The Labute approximate surface area is 599 Å². The van der Waals surface area contributed by atoms with E-state index in [-0.39, 0.29) is 37.5 Å². The molecule has 32 heteroatoms. The minimum atomic E-state index is -2.12. The number of fused-ring (bicyclic) bond motifs is 7. The van der Waals surface area contributed by atoms with Crippen LogP contribution in [0.15, 0.2) is 11.6 Å². The molecule has 32 nitrogen and oxygen atoms in total. The Morgan fingerprint density at radius 1 is 0.515 bits per heavy atom. The maximum absolute atomic E-state index is 16.0. The van der Waals surface area contributed by atoms with Gasteiger partial charge in [-0.2, -0.15) is 0 Å². The first-order valence-corrected chi connectivity index (χ1v) is 36.5. The summed E-state index contributed by atoms with van der Waals surface area (Å²) in [6.07, 6.45) is -42.5. The molecule has 103 heavy (non-hydrogen) atoms. The van der Waals surface area contributed by atoms with Crippen LogP contribution in [0.3, 0.4) is 0 Å². The van der Waals surface area contributed by atoms with Crippen LogP contribution in [0.4, 0.5) is 0 Å². The van der Waals surface area contributed by atoms with Crippen LogP contribution in [0.1, 0.15) is 161 Å². The second-order valence-corrected chi connectivity index (χ2v) is 33.2. The molecule has 38 atom stereocenters. The lowest BCUT2D eigenvalue weighted by atomic mass is 9.33. The predicted octanol–water partition coefficient (Wildman–Crippen LogP) is -1.58.